The third kappa shape index (κ3) is 3.42. The molecule has 8 nitrogen and oxygen atoms in total. The van der Waals surface area contributed by atoms with Crippen molar-refractivity contribution in [3.63, 3.8) is 0 Å². The van der Waals surface area contributed by atoms with Gasteiger partial charge in [-0.1, -0.05) is 11.8 Å². The summed E-state index contributed by atoms with van der Waals surface area (Å²) in [7, 11) is 3.08. The smallest absolute Gasteiger partial charge is 0.244 e. The molecule has 0 fully saturated rings. The van der Waals surface area contributed by atoms with Gasteiger partial charge in [-0.3, -0.25) is 9.36 Å². The zero-order chi connectivity index (χ0) is 16.1. The van der Waals surface area contributed by atoms with Crippen molar-refractivity contribution in [1.82, 2.24) is 14.8 Å². The van der Waals surface area contributed by atoms with Crippen molar-refractivity contribution in [3.8, 4) is 11.5 Å². The number of carbonyl (C=O) groups excluding carboxylic acids is 1. The third-order valence-corrected chi connectivity index (χ3v) is 3.58. The number of aromatic nitrogens is 3. The van der Waals surface area contributed by atoms with Crippen LogP contribution in [0.25, 0.3) is 0 Å². The van der Waals surface area contributed by atoms with Crippen LogP contribution in [0, 0.1) is 0 Å². The summed E-state index contributed by atoms with van der Waals surface area (Å²) in [4.78, 5) is 12.2. The minimum Gasteiger partial charge on any atom is -0.497 e. The lowest BCUT2D eigenvalue weighted by Gasteiger charge is -2.12. The molecule has 0 saturated heterocycles. The van der Waals surface area contributed by atoms with Crippen molar-refractivity contribution in [2.75, 3.05) is 31.5 Å². The Morgan fingerprint density at radius 1 is 1.36 bits per heavy atom. The van der Waals surface area contributed by atoms with Gasteiger partial charge in [0.1, 0.15) is 18.0 Å². The number of nitrogen functional groups attached to an aromatic ring is 1. The minimum atomic E-state index is -0.259. The molecule has 3 N–H and O–H groups in total. The SMILES string of the molecule is COc1ccc(NC(=O)Cn2c(N)nnc2SC)c(OC)c1. The number of ether oxygens (including phenoxy) is 2. The first-order valence-electron chi connectivity index (χ1n) is 6.33. The summed E-state index contributed by atoms with van der Waals surface area (Å²) < 4.78 is 11.9. The number of thioether (sulfide) groups is 1. The molecule has 9 heteroatoms. The summed E-state index contributed by atoms with van der Waals surface area (Å²) in [6.45, 7) is 0.0180. The first-order chi connectivity index (χ1) is 10.6. The van der Waals surface area contributed by atoms with Crippen LogP contribution in [0.2, 0.25) is 0 Å². The Hall–Kier alpha value is -2.42. The normalized spacial score (nSPS) is 10.3. The minimum absolute atomic E-state index is 0.0180. The maximum atomic E-state index is 12.2. The van der Waals surface area contributed by atoms with E-state index in [1.54, 1.807) is 25.3 Å². The predicted octanol–water partition coefficient (Wildman–Crippen LogP) is 1.24. The van der Waals surface area contributed by atoms with Gasteiger partial charge < -0.3 is 20.5 Å². The largest absolute Gasteiger partial charge is 0.497 e. The second kappa shape index (κ2) is 7.03. The number of hydrogen-bond donors (Lipinski definition) is 2. The van der Waals surface area contributed by atoms with E-state index >= 15 is 0 Å². The van der Waals surface area contributed by atoms with Crippen LogP contribution in [0.4, 0.5) is 11.6 Å². The van der Waals surface area contributed by atoms with E-state index in [1.807, 2.05) is 6.26 Å². The zero-order valence-corrected chi connectivity index (χ0v) is 13.3. The van der Waals surface area contributed by atoms with Gasteiger partial charge in [0.15, 0.2) is 5.16 Å². The van der Waals surface area contributed by atoms with Gasteiger partial charge in [0.2, 0.25) is 11.9 Å². The number of nitrogens with two attached hydrogens (primary N) is 1. The van der Waals surface area contributed by atoms with Crippen molar-refractivity contribution in [2.24, 2.45) is 0 Å². The molecule has 0 aliphatic heterocycles. The van der Waals surface area contributed by atoms with E-state index in [2.05, 4.69) is 15.5 Å². The molecule has 2 rings (SSSR count). The monoisotopic (exact) mass is 323 g/mol. The molecule has 22 heavy (non-hydrogen) atoms. The average Bonchev–Trinajstić information content (AvgIpc) is 2.88. The Kier molecular flexibility index (Phi) is 5.10. The Balaban J connectivity index is 2.13. The number of methoxy groups -OCH3 is 2. The van der Waals surface area contributed by atoms with E-state index in [0.29, 0.717) is 22.3 Å². The fraction of sp³-hybridized carbons (Fsp3) is 0.308. The summed E-state index contributed by atoms with van der Waals surface area (Å²) in [5.41, 5.74) is 6.25. The van der Waals surface area contributed by atoms with E-state index in [0.717, 1.165) is 0 Å². The van der Waals surface area contributed by atoms with Gasteiger partial charge in [0.25, 0.3) is 0 Å². The second-order valence-corrected chi connectivity index (χ2v) is 5.02. The lowest BCUT2D eigenvalue weighted by Crippen LogP contribution is -2.20. The molecule has 1 aromatic heterocycles. The number of nitrogens with zero attached hydrogens (tertiary/aromatic N) is 3. The topological polar surface area (TPSA) is 104 Å². The molecule has 0 aliphatic rings. The van der Waals surface area contributed by atoms with E-state index in [4.69, 9.17) is 15.2 Å². The van der Waals surface area contributed by atoms with Crippen LogP contribution in [0.1, 0.15) is 0 Å². The van der Waals surface area contributed by atoms with Gasteiger partial charge in [0.05, 0.1) is 19.9 Å². The molecule has 0 atom stereocenters. The maximum Gasteiger partial charge on any atom is 0.244 e. The highest BCUT2D eigenvalue weighted by Crippen LogP contribution is 2.29. The number of benzene rings is 1. The fourth-order valence-electron chi connectivity index (χ4n) is 1.83. The third-order valence-electron chi connectivity index (χ3n) is 2.91. The molecular weight excluding hydrogens is 306 g/mol. The van der Waals surface area contributed by atoms with E-state index in [1.165, 1.54) is 23.4 Å². The summed E-state index contributed by atoms with van der Waals surface area (Å²) in [6, 6.07) is 5.13. The van der Waals surface area contributed by atoms with Crippen LogP contribution in [0.15, 0.2) is 23.4 Å². The number of amides is 1. The molecule has 0 radical (unpaired) electrons. The molecule has 1 heterocycles. The van der Waals surface area contributed by atoms with Crippen molar-refractivity contribution in [2.45, 2.75) is 11.7 Å². The van der Waals surface area contributed by atoms with Crippen molar-refractivity contribution in [1.29, 1.82) is 0 Å². The van der Waals surface area contributed by atoms with Crippen LogP contribution in [-0.4, -0.2) is 41.1 Å². The number of anilines is 2. The van der Waals surface area contributed by atoms with Crippen LogP contribution < -0.4 is 20.5 Å². The molecule has 118 valence electrons. The van der Waals surface area contributed by atoms with E-state index in [-0.39, 0.29) is 18.4 Å². The average molecular weight is 323 g/mol. The summed E-state index contributed by atoms with van der Waals surface area (Å²) in [6.07, 6.45) is 1.84. The highest BCUT2D eigenvalue weighted by Gasteiger charge is 2.14. The summed E-state index contributed by atoms with van der Waals surface area (Å²) >= 11 is 1.37. The van der Waals surface area contributed by atoms with Crippen LogP contribution >= 0.6 is 11.8 Å². The number of carbonyl (C=O) groups is 1. The van der Waals surface area contributed by atoms with E-state index < -0.39 is 0 Å². The fourth-order valence-corrected chi connectivity index (χ4v) is 2.34. The standard InChI is InChI=1S/C13H17N5O3S/c1-20-8-4-5-9(10(6-8)21-2)15-11(19)7-18-12(14)16-17-13(18)22-3/h4-6H,7H2,1-3H3,(H2,14,16)(H,15,19). The van der Waals surface area contributed by atoms with Crippen LogP contribution in [0.5, 0.6) is 11.5 Å². The van der Waals surface area contributed by atoms with Crippen LogP contribution in [0.3, 0.4) is 0 Å². The zero-order valence-electron chi connectivity index (χ0n) is 12.5. The molecule has 0 spiro atoms. The summed E-state index contributed by atoms with van der Waals surface area (Å²) in [5.74, 6) is 1.09. The second-order valence-electron chi connectivity index (χ2n) is 4.25. The van der Waals surface area contributed by atoms with Crippen molar-refractivity contribution in [3.05, 3.63) is 18.2 Å². The van der Waals surface area contributed by atoms with Gasteiger partial charge in [-0.25, -0.2) is 0 Å². The maximum absolute atomic E-state index is 12.2. The number of nitrogens with one attached hydrogen (secondary N) is 1. The van der Waals surface area contributed by atoms with Gasteiger partial charge in [0, 0.05) is 6.07 Å². The molecule has 2 aromatic rings. The molecule has 0 saturated carbocycles. The van der Waals surface area contributed by atoms with Gasteiger partial charge >= 0.3 is 0 Å². The Morgan fingerprint density at radius 3 is 2.77 bits per heavy atom. The highest BCUT2D eigenvalue weighted by molar-refractivity contribution is 7.98. The molecule has 0 aliphatic carbocycles. The molecule has 0 bridgehead atoms. The van der Waals surface area contributed by atoms with Gasteiger partial charge in [-0.15, -0.1) is 10.2 Å². The lowest BCUT2D eigenvalue weighted by molar-refractivity contribution is -0.116. The Labute approximate surface area is 132 Å². The first kappa shape index (κ1) is 16.0. The Morgan fingerprint density at radius 2 is 2.14 bits per heavy atom. The number of rotatable bonds is 6. The van der Waals surface area contributed by atoms with E-state index in [9.17, 15) is 4.79 Å². The van der Waals surface area contributed by atoms with Crippen LogP contribution in [-0.2, 0) is 11.3 Å². The first-order valence-corrected chi connectivity index (χ1v) is 7.56. The van der Waals surface area contributed by atoms with Gasteiger partial charge in [-0.05, 0) is 18.4 Å². The van der Waals surface area contributed by atoms with Gasteiger partial charge in [-0.2, -0.15) is 0 Å². The Bertz CT molecular complexity index is 674. The van der Waals surface area contributed by atoms with Crippen molar-refractivity contribution >= 4 is 29.3 Å². The molecule has 1 aromatic carbocycles. The number of hydrogen-bond acceptors (Lipinski definition) is 7. The van der Waals surface area contributed by atoms with Crippen molar-refractivity contribution < 1.29 is 14.3 Å². The molecular formula is C13H17N5O3S. The summed E-state index contributed by atoms with van der Waals surface area (Å²) in [5, 5.41) is 11.0. The predicted molar refractivity (Wildman–Crippen MR) is 84.4 cm³/mol. The lowest BCUT2D eigenvalue weighted by atomic mass is 10.2. The highest BCUT2D eigenvalue weighted by atomic mass is 32.2. The molecule has 1 amide bonds. The quantitative estimate of drug-likeness (QED) is 0.771. The molecule has 0 unspecified atom stereocenters.